The molecule has 11 rings (SSSR count). The molecule has 0 N–H and O–H groups in total. The van der Waals surface area contributed by atoms with Crippen LogP contribution in [0, 0.1) is 0 Å². The maximum atomic E-state index is 2.47. The molecule has 9 aromatic rings. The van der Waals surface area contributed by atoms with Crippen molar-refractivity contribution in [2.75, 3.05) is 4.90 Å². The number of benzene rings is 7. The molecule has 3 heteroatoms. The molecule has 0 amide bonds. The molecule has 2 heterocycles. The minimum absolute atomic E-state index is 0.449. The van der Waals surface area contributed by atoms with Gasteiger partial charge in [0.05, 0.1) is 11.2 Å². The van der Waals surface area contributed by atoms with E-state index >= 15 is 0 Å². The van der Waals surface area contributed by atoms with Crippen LogP contribution in [-0.2, 0) is 0 Å². The number of nitrogens with zero attached hydrogens (tertiary/aromatic N) is 2. The summed E-state index contributed by atoms with van der Waals surface area (Å²) in [7, 11) is 0. The van der Waals surface area contributed by atoms with E-state index in [2.05, 4.69) is 211 Å². The van der Waals surface area contributed by atoms with E-state index in [1.54, 1.807) is 0 Å². The van der Waals surface area contributed by atoms with Crippen molar-refractivity contribution >= 4 is 71.1 Å². The van der Waals surface area contributed by atoms with Crippen LogP contribution in [0.4, 0.5) is 17.1 Å². The number of thiophene rings is 1. The molecule has 1 unspecified atom stereocenters. The molecule has 0 fully saturated rings. The van der Waals surface area contributed by atoms with Crippen molar-refractivity contribution in [1.29, 1.82) is 0 Å². The fraction of sp³-hybridized carbons (Fsp3) is 0.0909. The molecule has 0 saturated carbocycles. The maximum absolute atomic E-state index is 2.47. The lowest BCUT2D eigenvalue weighted by Crippen LogP contribution is -2.10. The van der Waals surface area contributed by atoms with Crippen molar-refractivity contribution < 1.29 is 0 Å². The van der Waals surface area contributed by atoms with Crippen molar-refractivity contribution in [1.82, 2.24) is 4.57 Å². The molecule has 0 aliphatic heterocycles. The van der Waals surface area contributed by atoms with Gasteiger partial charge in [0.25, 0.3) is 0 Å². The Morgan fingerprint density at radius 1 is 0.534 bits per heavy atom. The van der Waals surface area contributed by atoms with Crippen LogP contribution in [0.5, 0.6) is 0 Å². The molecule has 7 aromatic carbocycles. The van der Waals surface area contributed by atoms with Crippen LogP contribution in [0.1, 0.15) is 48.9 Å². The summed E-state index contributed by atoms with van der Waals surface area (Å²) in [6.45, 7) is 2.39. The SMILES string of the molecule is CC1CC=Cc2c1c1c3sc4c(-c5ccc(N(c6ccc(C7=CCCC=C7)cc6)c6ccc(-c7ccccc7)cc6)cc5)cccc4c3ccc1n2-c1ccccc1. The highest BCUT2D eigenvalue weighted by molar-refractivity contribution is 7.27. The fourth-order valence-corrected chi connectivity index (χ4v) is 10.6. The Kier molecular flexibility index (Phi) is 8.56. The summed E-state index contributed by atoms with van der Waals surface area (Å²) < 4.78 is 5.20. The molecule has 2 nitrogen and oxygen atoms in total. The largest absolute Gasteiger partial charge is 0.311 e. The fourth-order valence-electron chi connectivity index (χ4n) is 9.23. The lowest BCUT2D eigenvalue weighted by atomic mass is 9.90. The lowest BCUT2D eigenvalue weighted by Gasteiger charge is -2.26. The van der Waals surface area contributed by atoms with Crippen molar-refractivity contribution in [3.05, 3.63) is 205 Å². The van der Waals surface area contributed by atoms with Crippen LogP contribution in [0.2, 0.25) is 0 Å². The average Bonchev–Trinajstić information content (AvgIpc) is 3.85. The van der Waals surface area contributed by atoms with Gasteiger partial charge in [-0.3, -0.25) is 0 Å². The number of anilines is 3. The van der Waals surface area contributed by atoms with Gasteiger partial charge in [-0.05, 0) is 125 Å². The molecular weight excluding hydrogens is 721 g/mol. The van der Waals surface area contributed by atoms with Crippen LogP contribution < -0.4 is 4.90 Å². The van der Waals surface area contributed by atoms with Gasteiger partial charge in [0.1, 0.15) is 0 Å². The van der Waals surface area contributed by atoms with Crippen LogP contribution in [0.25, 0.3) is 70.7 Å². The normalized spacial score (nSPS) is 14.9. The van der Waals surface area contributed by atoms with Gasteiger partial charge < -0.3 is 9.47 Å². The second-order valence-corrected chi connectivity index (χ2v) is 16.6. The number of hydrogen-bond donors (Lipinski definition) is 0. The smallest absolute Gasteiger partial charge is 0.0552 e. The molecule has 2 aliphatic rings. The minimum atomic E-state index is 0.449. The van der Waals surface area contributed by atoms with E-state index in [1.165, 1.54) is 81.4 Å². The summed E-state index contributed by atoms with van der Waals surface area (Å²) in [6.07, 6.45) is 14.8. The molecule has 0 saturated heterocycles. The van der Waals surface area contributed by atoms with Crippen LogP contribution in [0.3, 0.4) is 0 Å². The Bertz CT molecular complexity index is 3050. The van der Waals surface area contributed by atoms with Gasteiger partial charge in [0.15, 0.2) is 0 Å². The number of rotatable bonds is 7. The molecule has 0 bridgehead atoms. The summed E-state index contributed by atoms with van der Waals surface area (Å²) in [6, 6.07) is 60.2. The van der Waals surface area contributed by atoms with Gasteiger partial charge in [-0.15, -0.1) is 11.3 Å². The first-order valence-electron chi connectivity index (χ1n) is 20.5. The predicted octanol–water partition coefficient (Wildman–Crippen LogP) is 16.1. The van der Waals surface area contributed by atoms with E-state index in [1.807, 2.05) is 11.3 Å². The second kappa shape index (κ2) is 14.4. The summed E-state index contributed by atoms with van der Waals surface area (Å²) in [5.74, 6) is 0.449. The molecule has 2 aliphatic carbocycles. The van der Waals surface area contributed by atoms with Gasteiger partial charge in [0, 0.05) is 48.3 Å². The number of hydrogen-bond acceptors (Lipinski definition) is 2. The summed E-state index contributed by atoms with van der Waals surface area (Å²) in [5.41, 5.74) is 16.2. The molecule has 1 atom stereocenters. The zero-order valence-electron chi connectivity index (χ0n) is 32.5. The molecule has 2 aromatic heterocycles. The molecular formula is C55H42N2S. The summed E-state index contributed by atoms with van der Waals surface area (Å²) in [4.78, 5) is 2.38. The van der Waals surface area contributed by atoms with Gasteiger partial charge in [-0.1, -0.05) is 140 Å². The van der Waals surface area contributed by atoms with Crippen molar-refractivity contribution in [2.45, 2.75) is 32.1 Å². The Morgan fingerprint density at radius 2 is 1.17 bits per heavy atom. The monoisotopic (exact) mass is 762 g/mol. The van der Waals surface area contributed by atoms with Crippen LogP contribution in [-0.4, -0.2) is 4.57 Å². The minimum Gasteiger partial charge on any atom is -0.311 e. The number of aromatic nitrogens is 1. The highest BCUT2D eigenvalue weighted by Crippen LogP contribution is 2.48. The Balaban J connectivity index is 1.01. The topological polar surface area (TPSA) is 8.17 Å². The third-order valence-electron chi connectivity index (χ3n) is 12.1. The lowest BCUT2D eigenvalue weighted by molar-refractivity contribution is 0.773. The predicted molar refractivity (Wildman–Crippen MR) is 250 cm³/mol. The molecule has 278 valence electrons. The van der Waals surface area contributed by atoms with Crippen molar-refractivity contribution in [3.63, 3.8) is 0 Å². The number of allylic oxidation sites excluding steroid dienone is 5. The van der Waals surface area contributed by atoms with Gasteiger partial charge in [-0.2, -0.15) is 0 Å². The first-order chi connectivity index (χ1) is 28.7. The first kappa shape index (κ1) is 34.6. The third-order valence-corrected chi connectivity index (χ3v) is 13.3. The molecule has 0 radical (unpaired) electrons. The average molecular weight is 763 g/mol. The Labute approximate surface area is 344 Å². The third kappa shape index (κ3) is 5.85. The zero-order valence-corrected chi connectivity index (χ0v) is 33.3. The zero-order chi connectivity index (χ0) is 38.6. The van der Waals surface area contributed by atoms with E-state index in [-0.39, 0.29) is 0 Å². The second-order valence-electron chi connectivity index (χ2n) is 15.6. The Hall–Kier alpha value is -6.68. The number of fused-ring (bicyclic) bond motifs is 7. The molecule has 0 spiro atoms. The maximum Gasteiger partial charge on any atom is 0.0552 e. The molecule has 58 heavy (non-hydrogen) atoms. The van der Waals surface area contributed by atoms with Crippen LogP contribution in [0.15, 0.2) is 188 Å². The van der Waals surface area contributed by atoms with E-state index in [0.717, 1.165) is 36.3 Å². The first-order valence-corrected chi connectivity index (χ1v) is 21.3. The van der Waals surface area contributed by atoms with Crippen molar-refractivity contribution in [3.8, 4) is 27.9 Å². The van der Waals surface area contributed by atoms with Crippen LogP contribution >= 0.6 is 11.3 Å². The quantitative estimate of drug-likeness (QED) is 0.157. The Morgan fingerprint density at radius 3 is 1.86 bits per heavy atom. The van der Waals surface area contributed by atoms with E-state index < -0.39 is 0 Å². The number of para-hydroxylation sites is 1. The van der Waals surface area contributed by atoms with Gasteiger partial charge >= 0.3 is 0 Å². The summed E-state index contributed by atoms with van der Waals surface area (Å²) in [5, 5.41) is 4.08. The van der Waals surface area contributed by atoms with Crippen molar-refractivity contribution in [2.24, 2.45) is 0 Å². The highest BCUT2D eigenvalue weighted by Gasteiger charge is 2.26. The van der Waals surface area contributed by atoms with E-state index in [0.29, 0.717) is 5.92 Å². The van der Waals surface area contributed by atoms with Gasteiger partial charge in [0.2, 0.25) is 0 Å². The van der Waals surface area contributed by atoms with E-state index in [4.69, 9.17) is 0 Å². The van der Waals surface area contributed by atoms with Gasteiger partial charge in [-0.25, -0.2) is 0 Å². The summed E-state index contributed by atoms with van der Waals surface area (Å²) >= 11 is 1.96. The highest BCUT2D eigenvalue weighted by atomic mass is 32.1. The van der Waals surface area contributed by atoms with E-state index in [9.17, 15) is 0 Å². The standard InChI is InChI=1S/C55H42N2S/c1-37-13-11-22-50-52(37)53-51(57(50)43-18-9-4-10-19-43)36-35-49-48-21-12-20-47(54(48)58-55(49)53)42-27-33-46(34-28-42)56(44-29-23-40(24-30-44)38-14-5-2-6-15-38)45-31-25-41(26-32-45)39-16-7-3-8-17-39/h2,4-7,9-12,14-37H,3,8,13H2,1H3.